The maximum atomic E-state index is 2.39. The third-order valence-electron chi connectivity index (χ3n) is 22.1. The first-order valence-electron chi connectivity index (χ1n) is 38.0. The molecule has 105 heavy (non-hydrogen) atoms. The van der Waals surface area contributed by atoms with Crippen LogP contribution in [-0.2, 0) is 21.1 Å². The van der Waals surface area contributed by atoms with Crippen LogP contribution in [0, 0.1) is 27.7 Å². The molecule has 15 aromatic rings. The van der Waals surface area contributed by atoms with Gasteiger partial charge in [0.05, 0.1) is 0 Å². The number of benzene rings is 12. The Kier molecular flexibility index (Phi) is 21.0. The second kappa shape index (κ2) is 31.1. The third kappa shape index (κ3) is 15.4. The van der Waals surface area contributed by atoms with E-state index in [0.29, 0.717) is 17.8 Å². The molecule has 16 rings (SSSR count). The summed E-state index contributed by atoms with van der Waals surface area (Å²) >= 11 is 0. The first kappa shape index (κ1) is 70.9. The maximum Gasteiger partial charge on any atom is 0.213 e. The van der Waals surface area contributed by atoms with Crippen molar-refractivity contribution >= 4 is 32.3 Å². The Labute approximate surface area is 624 Å². The Bertz CT molecular complexity index is 5650. The Morgan fingerprint density at radius 3 is 0.838 bits per heavy atom. The summed E-state index contributed by atoms with van der Waals surface area (Å²) < 4.78 is 6.83. The van der Waals surface area contributed by atoms with E-state index in [9.17, 15) is 0 Å². The molecule has 1 fully saturated rings. The lowest BCUT2D eigenvalue weighted by Gasteiger charge is -2.15. The average molecular weight is 1370 g/mol. The Balaban J connectivity index is 0.000000133. The molecule has 3 aromatic heterocycles. The second-order valence-corrected chi connectivity index (χ2v) is 30.5. The van der Waals surface area contributed by atoms with Gasteiger partial charge in [0.25, 0.3) is 0 Å². The van der Waals surface area contributed by atoms with Gasteiger partial charge in [-0.25, -0.2) is 13.7 Å². The Morgan fingerprint density at radius 1 is 0.257 bits per heavy atom. The van der Waals surface area contributed by atoms with E-state index < -0.39 is 0 Å². The lowest BCUT2D eigenvalue weighted by Crippen LogP contribution is -2.32. The first-order chi connectivity index (χ1) is 50.9. The van der Waals surface area contributed by atoms with Crippen LogP contribution in [0.5, 0.6) is 0 Å². The molecule has 0 spiro atoms. The van der Waals surface area contributed by atoms with Gasteiger partial charge < -0.3 is 0 Å². The molecule has 0 atom stereocenters. The molecule has 0 aliphatic heterocycles. The van der Waals surface area contributed by atoms with Crippen LogP contribution in [0.2, 0.25) is 0 Å². The largest absolute Gasteiger partial charge is 0.213 e. The van der Waals surface area contributed by atoms with E-state index in [2.05, 4.69) is 402 Å². The van der Waals surface area contributed by atoms with Crippen LogP contribution in [0.3, 0.4) is 0 Å². The first-order valence-corrected chi connectivity index (χ1v) is 38.0. The maximum absolute atomic E-state index is 2.39. The smallest absolute Gasteiger partial charge is 0.201 e. The van der Waals surface area contributed by atoms with Gasteiger partial charge in [-0.15, -0.1) is 0 Å². The molecule has 1 saturated carbocycles. The number of aryl methyl sites for hydroxylation is 7. The van der Waals surface area contributed by atoms with Gasteiger partial charge >= 0.3 is 0 Å². The number of pyridine rings is 3. The van der Waals surface area contributed by atoms with Crippen molar-refractivity contribution in [2.24, 2.45) is 21.1 Å². The Hall–Kier alpha value is -11.1. The molecule has 0 radical (unpaired) electrons. The minimum atomic E-state index is 0.437. The highest BCUT2D eigenvalue weighted by Gasteiger charge is 2.25. The lowest BCUT2D eigenvalue weighted by molar-refractivity contribution is -0.660. The van der Waals surface area contributed by atoms with Crippen molar-refractivity contribution < 1.29 is 13.7 Å². The second-order valence-electron chi connectivity index (χ2n) is 30.5. The molecular weight excluding hydrogens is 1270 g/mol. The summed E-state index contributed by atoms with van der Waals surface area (Å²) in [5.74, 6) is 2.08. The highest BCUT2D eigenvalue weighted by Crippen LogP contribution is 2.41. The van der Waals surface area contributed by atoms with Crippen LogP contribution in [0.1, 0.15) is 135 Å². The fraction of sp³-hybridized carbons (Fsp3) is 0.206. The van der Waals surface area contributed by atoms with Gasteiger partial charge in [-0.05, 0) is 240 Å². The lowest BCUT2D eigenvalue weighted by atomic mass is 9.90. The van der Waals surface area contributed by atoms with Gasteiger partial charge in [-0.3, -0.25) is 0 Å². The summed E-state index contributed by atoms with van der Waals surface area (Å²) in [6.45, 7) is 22.4. The standard InChI is InChI=1S/C37H38N.C33H32N.C32H30N/c1-25(2)36-24-38(4)37(34-12-8-5-9-26(34)3)23-35(36)33-20-19-31-21-30(17-18-32(31)22-33)29-15-13-28(14-16-29)27-10-6-7-11-27;1-22(2)32-21-34(5)33(30-9-7-6-8-24(30)4)20-31(32)29-17-16-27-18-26(14-15-28(27)19-29)25-12-10-23(3)11-13-25;1-22(2)31-21-33(4)32(29-13-9-8-10-23(29)3)20-30(31)28-17-16-26-18-25(14-15-27(26)19-28)24-11-6-5-7-12-24/h5,8-9,12-25,27H,6-7,10-11H2,1-4H3;6-22H,1-5H3;5-22H,1-4H3/q3*+1. The fourth-order valence-electron chi connectivity index (χ4n) is 15.9. The number of aromatic nitrogens is 3. The topological polar surface area (TPSA) is 11.6 Å². The zero-order valence-corrected chi connectivity index (χ0v) is 63.8. The molecular formula is C102H100N3+3. The molecule has 0 saturated heterocycles. The van der Waals surface area contributed by atoms with Crippen molar-refractivity contribution in [1.82, 2.24) is 0 Å². The van der Waals surface area contributed by atoms with Gasteiger partial charge in [0.2, 0.25) is 17.1 Å². The third-order valence-corrected chi connectivity index (χ3v) is 22.1. The van der Waals surface area contributed by atoms with Crippen LogP contribution in [0.15, 0.2) is 298 Å². The van der Waals surface area contributed by atoms with Crippen molar-refractivity contribution in [1.29, 1.82) is 0 Å². The zero-order valence-electron chi connectivity index (χ0n) is 63.8. The summed E-state index contributed by atoms with van der Waals surface area (Å²) in [5.41, 5.74) is 33.8. The van der Waals surface area contributed by atoms with Gasteiger partial charge in [0, 0.05) is 51.6 Å². The summed E-state index contributed by atoms with van der Waals surface area (Å²) in [5, 5.41) is 7.66. The average Bonchev–Trinajstić information content (AvgIpc) is 1.64. The molecule has 1 aliphatic carbocycles. The molecule has 0 bridgehead atoms. The van der Waals surface area contributed by atoms with Crippen molar-refractivity contribution in [3.05, 3.63) is 342 Å². The number of rotatable bonds is 13. The van der Waals surface area contributed by atoms with E-state index in [1.807, 2.05) is 0 Å². The van der Waals surface area contributed by atoms with E-state index in [-0.39, 0.29) is 0 Å². The van der Waals surface area contributed by atoms with E-state index in [0.717, 1.165) is 5.92 Å². The normalized spacial score (nSPS) is 12.3. The summed E-state index contributed by atoms with van der Waals surface area (Å²) in [6.07, 6.45) is 12.4. The predicted molar refractivity (Wildman–Crippen MR) is 447 cm³/mol. The molecule has 520 valence electrons. The summed E-state index contributed by atoms with van der Waals surface area (Å²) in [6, 6.07) is 103. The minimum absolute atomic E-state index is 0.437. The Morgan fingerprint density at radius 2 is 0.524 bits per heavy atom. The molecule has 0 amide bonds. The number of hydrogen-bond acceptors (Lipinski definition) is 0. The molecule has 3 heteroatoms. The van der Waals surface area contributed by atoms with Gasteiger partial charge in [-0.2, -0.15) is 0 Å². The molecule has 3 nitrogen and oxygen atoms in total. The van der Waals surface area contributed by atoms with Crippen molar-refractivity contribution in [2.45, 2.75) is 119 Å². The molecule has 12 aromatic carbocycles. The van der Waals surface area contributed by atoms with E-state index in [1.54, 1.807) is 0 Å². The van der Waals surface area contributed by atoms with Crippen LogP contribution >= 0.6 is 0 Å². The monoisotopic (exact) mass is 1370 g/mol. The fourth-order valence-corrected chi connectivity index (χ4v) is 15.9. The van der Waals surface area contributed by atoms with Crippen LogP contribution < -0.4 is 13.7 Å². The van der Waals surface area contributed by atoms with Crippen LogP contribution in [0.25, 0.3) is 133 Å². The van der Waals surface area contributed by atoms with Crippen molar-refractivity contribution in [2.75, 3.05) is 0 Å². The predicted octanol–water partition coefficient (Wildman–Crippen LogP) is 26.3. The van der Waals surface area contributed by atoms with Crippen LogP contribution in [0.4, 0.5) is 0 Å². The highest BCUT2D eigenvalue weighted by molar-refractivity contribution is 5.94. The minimum Gasteiger partial charge on any atom is -0.201 e. The van der Waals surface area contributed by atoms with Gasteiger partial charge in [0.15, 0.2) is 18.6 Å². The number of nitrogens with zero attached hydrogens (tertiary/aromatic N) is 3. The molecule has 0 unspecified atom stereocenters. The van der Waals surface area contributed by atoms with Gasteiger partial charge in [0.1, 0.15) is 21.1 Å². The highest BCUT2D eigenvalue weighted by atomic mass is 14.9. The summed E-state index contributed by atoms with van der Waals surface area (Å²) in [7, 11) is 6.48. The van der Waals surface area contributed by atoms with E-state index in [1.165, 1.54) is 203 Å². The van der Waals surface area contributed by atoms with Crippen LogP contribution in [-0.4, -0.2) is 0 Å². The quantitative estimate of drug-likeness (QED) is 0.102. The summed E-state index contributed by atoms with van der Waals surface area (Å²) in [4.78, 5) is 0. The molecule has 1 aliphatic rings. The van der Waals surface area contributed by atoms with Gasteiger partial charge in [-0.1, -0.05) is 266 Å². The zero-order chi connectivity index (χ0) is 73.0. The molecule has 0 N–H and O–H groups in total. The van der Waals surface area contributed by atoms with Crippen molar-refractivity contribution in [3.8, 4) is 101 Å². The number of hydrogen-bond donors (Lipinski definition) is 0. The van der Waals surface area contributed by atoms with Crippen molar-refractivity contribution in [3.63, 3.8) is 0 Å². The van der Waals surface area contributed by atoms with E-state index >= 15 is 0 Å². The molecule has 3 heterocycles. The number of fused-ring (bicyclic) bond motifs is 3. The SMILES string of the molecule is Cc1ccc(-c2ccc3cc(-c4cc(-c5ccccc5C)[n+](C)cc4C(C)C)ccc3c2)cc1.Cc1ccccc1-c1cc(-c2ccc3cc(-c4ccc(C5CCCC5)cc4)ccc3c2)c(C(C)C)c[n+]1C.Cc1ccccc1-c1cc(-c2ccc3cc(-c4ccccc4)ccc3c2)c(C(C)C)c[n+]1C. The van der Waals surface area contributed by atoms with E-state index in [4.69, 9.17) is 0 Å².